The van der Waals surface area contributed by atoms with E-state index in [4.69, 9.17) is 0 Å². The van der Waals surface area contributed by atoms with E-state index in [1.807, 2.05) is 19.1 Å². The summed E-state index contributed by atoms with van der Waals surface area (Å²) in [6.45, 7) is 3.59. The quantitative estimate of drug-likeness (QED) is 0.923. The van der Waals surface area contributed by atoms with E-state index in [2.05, 4.69) is 53.4 Å². The topological polar surface area (TPSA) is 23.5 Å². The lowest BCUT2D eigenvalue weighted by Crippen LogP contribution is -2.32. The van der Waals surface area contributed by atoms with Crippen LogP contribution >= 0.6 is 0 Å². The van der Waals surface area contributed by atoms with Crippen LogP contribution in [0.2, 0.25) is 0 Å². The lowest BCUT2D eigenvalue weighted by atomic mass is 9.97. The maximum absolute atomic E-state index is 10.3. The van der Waals surface area contributed by atoms with Gasteiger partial charge in [0.05, 0.1) is 11.6 Å². The van der Waals surface area contributed by atoms with Crippen molar-refractivity contribution in [3.8, 4) is 0 Å². The molecule has 1 fully saturated rings. The summed E-state index contributed by atoms with van der Waals surface area (Å²) in [6.07, 6.45) is 0.836. The van der Waals surface area contributed by atoms with Crippen molar-refractivity contribution in [3.05, 3.63) is 71.8 Å². The number of aliphatic hydroxyl groups is 1. The highest BCUT2D eigenvalue weighted by molar-refractivity contribution is 5.32. The highest BCUT2D eigenvalue weighted by Gasteiger charge is 2.36. The Labute approximate surface area is 120 Å². The number of hydrogen-bond donors (Lipinski definition) is 1. The molecule has 2 aromatic carbocycles. The van der Waals surface area contributed by atoms with Gasteiger partial charge in [-0.05, 0) is 24.5 Å². The zero-order valence-corrected chi connectivity index (χ0v) is 11.9. The number of rotatable bonds is 3. The molecule has 0 spiro atoms. The van der Waals surface area contributed by atoms with Crippen LogP contribution in [0.15, 0.2) is 60.7 Å². The van der Waals surface area contributed by atoms with Gasteiger partial charge in [0.2, 0.25) is 0 Å². The Kier molecular flexibility index (Phi) is 3.60. The van der Waals surface area contributed by atoms with E-state index in [1.54, 1.807) is 0 Å². The Morgan fingerprint density at radius 2 is 1.45 bits per heavy atom. The van der Waals surface area contributed by atoms with E-state index in [-0.39, 0.29) is 6.04 Å². The van der Waals surface area contributed by atoms with Crippen LogP contribution in [-0.4, -0.2) is 28.7 Å². The minimum absolute atomic E-state index is 0.228. The minimum atomic E-state index is -0.568. The zero-order chi connectivity index (χ0) is 14.0. The van der Waals surface area contributed by atoms with Crippen LogP contribution in [0.1, 0.15) is 30.5 Å². The van der Waals surface area contributed by atoms with Crippen LogP contribution in [-0.2, 0) is 0 Å². The molecule has 3 rings (SSSR count). The molecule has 0 saturated carbocycles. The predicted octanol–water partition coefficient (Wildman–Crippen LogP) is 3.23. The summed E-state index contributed by atoms with van der Waals surface area (Å²) < 4.78 is 0. The van der Waals surface area contributed by atoms with Gasteiger partial charge in [0.15, 0.2) is 0 Å². The number of β-amino-alcohol motifs (C(OH)–C–C–N with tert-alkyl or cyclic N) is 1. The lowest BCUT2D eigenvalue weighted by Gasteiger charge is -2.29. The fraction of sp³-hybridized carbons (Fsp3) is 0.333. The van der Waals surface area contributed by atoms with Crippen LogP contribution in [0.3, 0.4) is 0 Å². The van der Waals surface area contributed by atoms with Gasteiger partial charge in [-0.15, -0.1) is 0 Å². The van der Waals surface area contributed by atoms with E-state index in [9.17, 15) is 5.11 Å². The molecule has 2 heteroatoms. The molecule has 0 aromatic heterocycles. The normalized spacial score (nSPS) is 23.4. The first-order chi connectivity index (χ1) is 9.66. The molecule has 20 heavy (non-hydrogen) atoms. The molecular formula is C18H21NO. The Morgan fingerprint density at radius 3 is 1.85 bits per heavy atom. The fourth-order valence-electron chi connectivity index (χ4n) is 3.09. The SMILES string of the molecule is CC1(O)CCN(C(c2ccccc2)c2ccccc2)C1. The van der Waals surface area contributed by atoms with Crippen LogP contribution in [0.4, 0.5) is 0 Å². The van der Waals surface area contributed by atoms with Gasteiger partial charge in [-0.2, -0.15) is 0 Å². The summed E-state index contributed by atoms with van der Waals surface area (Å²) in [7, 11) is 0. The average molecular weight is 267 g/mol. The van der Waals surface area contributed by atoms with Gasteiger partial charge in [0.25, 0.3) is 0 Å². The molecule has 1 aliphatic heterocycles. The van der Waals surface area contributed by atoms with Gasteiger partial charge in [0, 0.05) is 13.1 Å². The van der Waals surface area contributed by atoms with Crippen molar-refractivity contribution in [2.45, 2.75) is 25.0 Å². The molecule has 104 valence electrons. The van der Waals surface area contributed by atoms with E-state index in [1.165, 1.54) is 11.1 Å². The van der Waals surface area contributed by atoms with E-state index in [0.29, 0.717) is 0 Å². The van der Waals surface area contributed by atoms with Crippen molar-refractivity contribution < 1.29 is 5.11 Å². The lowest BCUT2D eigenvalue weighted by molar-refractivity contribution is 0.0648. The highest BCUT2D eigenvalue weighted by atomic mass is 16.3. The molecular weight excluding hydrogens is 246 g/mol. The Bertz CT molecular complexity index is 511. The minimum Gasteiger partial charge on any atom is -0.389 e. The van der Waals surface area contributed by atoms with E-state index in [0.717, 1.165) is 19.5 Å². The maximum Gasteiger partial charge on any atom is 0.0758 e. The molecule has 0 amide bonds. The van der Waals surface area contributed by atoms with Crippen molar-refractivity contribution in [3.63, 3.8) is 0 Å². The van der Waals surface area contributed by atoms with Gasteiger partial charge in [-0.25, -0.2) is 0 Å². The van der Waals surface area contributed by atoms with Crippen LogP contribution in [0, 0.1) is 0 Å². The second-order valence-electron chi connectivity index (χ2n) is 5.94. The van der Waals surface area contributed by atoms with Crippen molar-refractivity contribution in [2.75, 3.05) is 13.1 Å². The number of nitrogens with zero attached hydrogens (tertiary/aromatic N) is 1. The second kappa shape index (κ2) is 5.39. The molecule has 2 nitrogen and oxygen atoms in total. The molecule has 2 aromatic rings. The third kappa shape index (κ3) is 2.77. The average Bonchev–Trinajstić information content (AvgIpc) is 2.81. The van der Waals surface area contributed by atoms with Crippen molar-refractivity contribution in [2.24, 2.45) is 0 Å². The molecule has 0 bridgehead atoms. The van der Waals surface area contributed by atoms with Gasteiger partial charge in [0.1, 0.15) is 0 Å². The molecule has 1 saturated heterocycles. The van der Waals surface area contributed by atoms with Gasteiger partial charge < -0.3 is 5.11 Å². The first-order valence-electron chi connectivity index (χ1n) is 7.22. The molecule has 1 unspecified atom stereocenters. The van der Waals surface area contributed by atoms with Crippen molar-refractivity contribution in [1.29, 1.82) is 0 Å². The van der Waals surface area contributed by atoms with E-state index >= 15 is 0 Å². The van der Waals surface area contributed by atoms with Crippen LogP contribution < -0.4 is 0 Å². The third-order valence-electron chi connectivity index (χ3n) is 4.08. The Hall–Kier alpha value is -1.64. The number of benzene rings is 2. The molecule has 1 aliphatic rings. The van der Waals surface area contributed by atoms with Crippen LogP contribution in [0.25, 0.3) is 0 Å². The second-order valence-corrected chi connectivity index (χ2v) is 5.94. The van der Waals surface area contributed by atoms with Gasteiger partial charge in [-0.3, -0.25) is 4.90 Å². The molecule has 0 radical (unpaired) electrons. The van der Waals surface area contributed by atoms with E-state index < -0.39 is 5.60 Å². The number of hydrogen-bond acceptors (Lipinski definition) is 2. The summed E-state index contributed by atoms with van der Waals surface area (Å²) in [4.78, 5) is 2.38. The Morgan fingerprint density at radius 1 is 0.950 bits per heavy atom. The summed E-state index contributed by atoms with van der Waals surface area (Å²) in [5, 5.41) is 10.3. The zero-order valence-electron chi connectivity index (χ0n) is 11.9. The van der Waals surface area contributed by atoms with Gasteiger partial charge in [-0.1, -0.05) is 60.7 Å². The predicted molar refractivity (Wildman–Crippen MR) is 81.5 cm³/mol. The van der Waals surface area contributed by atoms with Gasteiger partial charge >= 0.3 is 0 Å². The largest absolute Gasteiger partial charge is 0.389 e. The summed E-state index contributed by atoms with van der Waals surface area (Å²) in [5.74, 6) is 0. The molecule has 1 atom stereocenters. The first-order valence-corrected chi connectivity index (χ1v) is 7.22. The summed E-state index contributed by atoms with van der Waals surface area (Å²) in [6, 6.07) is 21.3. The molecule has 1 N–H and O–H groups in total. The standard InChI is InChI=1S/C18H21NO/c1-18(20)12-13-19(14-18)17(15-8-4-2-5-9-15)16-10-6-3-7-11-16/h2-11,17,20H,12-14H2,1H3. The Balaban J connectivity index is 1.97. The molecule has 0 aliphatic carbocycles. The number of likely N-dealkylation sites (tertiary alicyclic amines) is 1. The summed E-state index contributed by atoms with van der Waals surface area (Å²) in [5.41, 5.74) is 2.01. The first kappa shape index (κ1) is 13.3. The highest BCUT2D eigenvalue weighted by Crippen LogP contribution is 2.34. The molecule has 1 heterocycles. The maximum atomic E-state index is 10.3. The summed E-state index contributed by atoms with van der Waals surface area (Å²) >= 11 is 0. The third-order valence-corrected chi connectivity index (χ3v) is 4.08. The monoisotopic (exact) mass is 267 g/mol. The van der Waals surface area contributed by atoms with Crippen molar-refractivity contribution in [1.82, 2.24) is 4.90 Å². The van der Waals surface area contributed by atoms with Crippen molar-refractivity contribution >= 4 is 0 Å². The smallest absolute Gasteiger partial charge is 0.0758 e. The van der Waals surface area contributed by atoms with Crippen LogP contribution in [0.5, 0.6) is 0 Å². The fourth-order valence-corrected chi connectivity index (χ4v) is 3.09.